The third-order valence-corrected chi connectivity index (χ3v) is 2.32. The monoisotopic (exact) mass is 227 g/mol. The molecule has 1 rings (SSSR count). The van der Waals surface area contributed by atoms with Gasteiger partial charge in [0.2, 0.25) is 0 Å². The number of halogens is 2. The number of nitrogens with zero attached hydrogens (tertiary/aromatic N) is 1. The first-order valence-electron chi connectivity index (χ1n) is 3.45. The van der Waals surface area contributed by atoms with Crippen LogP contribution in [0.4, 0.5) is 4.39 Å². The topological polar surface area (TPSA) is 23.8 Å². The number of nitriles is 1. The van der Waals surface area contributed by atoms with E-state index in [-0.39, 0.29) is 10.6 Å². The molecule has 1 atom stereocenters. The molecular weight excluding hydrogens is 221 g/mol. The Morgan fingerprint density at radius 3 is 2.75 bits per heavy atom. The molecule has 0 saturated heterocycles. The first-order chi connectivity index (χ1) is 5.65. The lowest BCUT2D eigenvalue weighted by Crippen LogP contribution is -1.89. The van der Waals surface area contributed by atoms with Gasteiger partial charge in [0.25, 0.3) is 0 Å². The van der Waals surface area contributed by atoms with Crippen molar-refractivity contribution in [1.82, 2.24) is 0 Å². The second-order valence-electron chi connectivity index (χ2n) is 2.50. The van der Waals surface area contributed by atoms with Gasteiger partial charge in [-0.3, -0.25) is 0 Å². The smallest absolute Gasteiger partial charge is 0.126 e. The van der Waals surface area contributed by atoms with Gasteiger partial charge in [-0.25, -0.2) is 4.39 Å². The SMILES string of the molecule is Cc1cc(C(Br)C#N)ccc1F. The lowest BCUT2D eigenvalue weighted by Gasteiger charge is -2.02. The van der Waals surface area contributed by atoms with Crippen LogP contribution in [0, 0.1) is 24.1 Å². The summed E-state index contributed by atoms with van der Waals surface area (Å²) in [6.07, 6.45) is 0. The summed E-state index contributed by atoms with van der Waals surface area (Å²) < 4.78 is 12.8. The average molecular weight is 228 g/mol. The Balaban J connectivity index is 3.06. The molecule has 0 saturated carbocycles. The summed E-state index contributed by atoms with van der Waals surface area (Å²) in [5, 5.41) is 8.56. The number of aryl methyl sites for hydroxylation is 1. The molecule has 0 aliphatic heterocycles. The molecule has 0 aliphatic rings. The fourth-order valence-corrected chi connectivity index (χ4v) is 1.18. The second-order valence-corrected chi connectivity index (χ2v) is 3.42. The van der Waals surface area contributed by atoms with Gasteiger partial charge >= 0.3 is 0 Å². The third-order valence-electron chi connectivity index (χ3n) is 1.59. The highest BCUT2D eigenvalue weighted by Gasteiger charge is 2.06. The van der Waals surface area contributed by atoms with Crippen molar-refractivity contribution in [1.29, 1.82) is 5.26 Å². The minimum Gasteiger partial charge on any atom is -0.207 e. The summed E-state index contributed by atoms with van der Waals surface area (Å²) in [6.45, 7) is 1.68. The Morgan fingerprint density at radius 2 is 2.25 bits per heavy atom. The molecule has 1 aromatic carbocycles. The highest BCUT2D eigenvalue weighted by molar-refractivity contribution is 9.09. The van der Waals surface area contributed by atoms with Gasteiger partial charge in [-0.1, -0.05) is 28.1 Å². The molecule has 1 nitrogen and oxygen atoms in total. The quantitative estimate of drug-likeness (QED) is 0.677. The molecule has 0 bridgehead atoms. The summed E-state index contributed by atoms with van der Waals surface area (Å²) in [4.78, 5) is -0.350. The van der Waals surface area contributed by atoms with Gasteiger partial charge < -0.3 is 0 Å². The van der Waals surface area contributed by atoms with Crippen molar-refractivity contribution < 1.29 is 4.39 Å². The van der Waals surface area contributed by atoms with E-state index in [0.717, 1.165) is 5.56 Å². The van der Waals surface area contributed by atoms with Crippen LogP contribution < -0.4 is 0 Å². The van der Waals surface area contributed by atoms with E-state index >= 15 is 0 Å². The molecule has 0 amide bonds. The van der Waals surface area contributed by atoms with Crippen molar-refractivity contribution >= 4 is 15.9 Å². The van der Waals surface area contributed by atoms with E-state index in [2.05, 4.69) is 15.9 Å². The zero-order chi connectivity index (χ0) is 9.14. The first kappa shape index (κ1) is 9.21. The van der Waals surface area contributed by atoms with Gasteiger partial charge in [0.15, 0.2) is 0 Å². The van der Waals surface area contributed by atoms with Gasteiger partial charge in [0.05, 0.1) is 6.07 Å². The van der Waals surface area contributed by atoms with Crippen LogP contribution in [0.5, 0.6) is 0 Å². The Kier molecular flexibility index (Phi) is 2.83. The van der Waals surface area contributed by atoms with Crippen molar-refractivity contribution in [2.45, 2.75) is 11.8 Å². The Bertz CT molecular complexity index is 330. The normalized spacial score (nSPS) is 12.2. The molecule has 0 spiro atoms. The average Bonchev–Trinajstić information content (AvgIpc) is 2.08. The van der Waals surface area contributed by atoms with Crippen LogP contribution >= 0.6 is 15.9 Å². The van der Waals surface area contributed by atoms with Crippen LogP contribution in [0.2, 0.25) is 0 Å². The Morgan fingerprint density at radius 1 is 1.58 bits per heavy atom. The maximum atomic E-state index is 12.8. The molecule has 0 aromatic heterocycles. The van der Waals surface area contributed by atoms with Crippen molar-refractivity contribution in [3.8, 4) is 6.07 Å². The largest absolute Gasteiger partial charge is 0.207 e. The predicted molar refractivity (Wildman–Crippen MR) is 48.4 cm³/mol. The number of benzene rings is 1. The van der Waals surface area contributed by atoms with Gasteiger partial charge in [0.1, 0.15) is 10.6 Å². The summed E-state index contributed by atoms with van der Waals surface area (Å²) >= 11 is 3.16. The summed E-state index contributed by atoms with van der Waals surface area (Å²) in [5.41, 5.74) is 1.35. The van der Waals surface area contributed by atoms with E-state index in [1.54, 1.807) is 19.1 Å². The predicted octanol–water partition coefficient (Wildman–Crippen LogP) is 3.09. The van der Waals surface area contributed by atoms with Crippen LogP contribution in [0.15, 0.2) is 18.2 Å². The van der Waals surface area contributed by atoms with Crippen molar-refractivity contribution in [2.24, 2.45) is 0 Å². The van der Waals surface area contributed by atoms with E-state index in [0.29, 0.717) is 5.56 Å². The second kappa shape index (κ2) is 3.68. The van der Waals surface area contributed by atoms with Crippen LogP contribution in [0.3, 0.4) is 0 Å². The molecule has 0 heterocycles. The van der Waals surface area contributed by atoms with E-state index in [1.807, 2.05) is 6.07 Å². The Labute approximate surface area is 79.0 Å². The lowest BCUT2D eigenvalue weighted by atomic mass is 10.1. The van der Waals surface area contributed by atoms with Gasteiger partial charge in [-0.2, -0.15) is 5.26 Å². The van der Waals surface area contributed by atoms with Gasteiger partial charge in [0, 0.05) is 0 Å². The molecule has 1 aromatic rings. The molecule has 0 aliphatic carbocycles. The minimum atomic E-state index is -0.350. The fourth-order valence-electron chi connectivity index (χ4n) is 0.900. The number of hydrogen-bond donors (Lipinski definition) is 0. The van der Waals surface area contributed by atoms with E-state index in [9.17, 15) is 4.39 Å². The zero-order valence-electron chi connectivity index (χ0n) is 6.51. The number of alkyl halides is 1. The van der Waals surface area contributed by atoms with Crippen molar-refractivity contribution in [2.75, 3.05) is 0 Å². The van der Waals surface area contributed by atoms with E-state index in [4.69, 9.17) is 5.26 Å². The van der Waals surface area contributed by atoms with Crippen LogP contribution in [-0.4, -0.2) is 0 Å². The van der Waals surface area contributed by atoms with Crippen LogP contribution in [0.25, 0.3) is 0 Å². The maximum absolute atomic E-state index is 12.8. The molecule has 0 radical (unpaired) electrons. The van der Waals surface area contributed by atoms with Gasteiger partial charge in [-0.05, 0) is 24.1 Å². The van der Waals surface area contributed by atoms with Crippen LogP contribution in [-0.2, 0) is 0 Å². The number of hydrogen-bond acceptors (Lipinski definition) is 1. The highest BCUT2D eigenvalue weighted by atomic mass is 79.9. The fraction of sp³-hybridized carbons (Fsp3) is 0.222. The number of rotatable bonds is 1. The molecule has 0 N–H and O–H groups in total. The highest BCUT2D eigenvalue weighted by Crippen LogP contribution is 2.23. The minimum absolute atomic E-state index is 0.239. The summed E-state index contributed by atoms with van der Waals surface area (Å²) in [7, 11) is 0. The Hall–Kier alpha value is -0.880. The summed E-state index contributed by atoms with van der Waals surface area (Å²) in [5.74, 6) is -0.239. The van der Waals surface area contributed by atoms with E-state index < -0.39 is 0 Å². The van der Waals surface area contributed by atoms with Crippen molar-refractivity contribution in [3.63, 3.8) is 0 Å². The molecule has 0 fully saturated rings. The molecular formula is C9H7BrFN. The summed E-state index contributed by atoms with van der Waals surface area (Å²) in [6, 6.07) is 6.66. The maximum Gasteiger partial charge on any atom is 0.126 e. The molecule has 3 heteroatoms. The zero-order valence-corrected chi connectivity index (χ0v) is 8.10. The molecule has 12 heavy (non-hydrogen) atoms. The standard InChI is InChI=1S/C9H7BrFN/c1-6-4-7(8(10)5-12)2-3-9(6)11/h2-4,8H,1H3. The van der Waals surface area contributed by atoms with E-state index in [1.165, 1.54) is 6.07 Å². The lowest BCUT2D eigenvalue weighted by molar-refractivity contribution is 0.618. The molecule has 1 unspecified atom stereocenters. The third kappa shape index (κ3) is 1.83. The van der Waals surface area contributed by atoms with Crippen molar-refractivity contribution in [3.05, 3.63) is 35.1 Å². The van der Waals surface area contributed by atoms with Crippen LogP contribution in [0.1, 0.15) is 16.0 Å². The molecule has 62 valence electrons. The van der Waals surface area contributed by atoms with Gasteiger partial charge in [-0.15, -0.1) is 0 Å². The first-order valence-corrected chi connectivity index (χ1v) is 4.36.